The molecular formula is C18H26N4O3S2. The molecule has 0 aliphatic rings. The van der Waals surface area contributed by atoms with Gasteiger partial charge in [-0.05, 0) is 50.0 Å². The molecule has 1 heterocycles. The molecule has 0 spiro atoms. The van der Waals surface area contributed by atoms with Gasteiger partial charge in [-0.2, -0.15) is 0 Å². The molecule has 0 aliphatic carbocycles. The fourth-order valence-corrected chi connectivity index (χ4v) is 3.85. The van der Waals surface area contributed by atoms with E-state index in [1.807, 2.05) is 24.4 Å². The van der Waals surface area contributed by atoms with Crippen LogP contribution in [0, 0.1) is 0 Å². The molecule has 0 amide bonds. The normalized spacial score (nSPS) is 14.6. The maximum atomic E-state index is 11.8. The average molecular weight is 411 g/mol. The summed E-state index contributed by atoms with van der Waals surface area (Å²) in [6, 6.07) is 10.4. The molecule has 0 bridgehead atoms. The number of aliphatic imine (C=N–C) groups is 1. The summed E-state index contributed by atoms with van der Waals surface area (Å²) >= 11 is 1.51. The van der Waals surface area contributed by atoms with Gasteiger partial charge in [-0.3, -0.25) is 0 Å². The predicted octanol–water partition coefficient (Wildman–Crippen LogP) is 1.62. The standard InChI is InChI=1S/C18H26N4O3S2/c1-4-20-17(22-13-18(2,23)16-6-5-11-26-16)21-12-14-7-9-15(10-8-14)27(24,25)19-3/h5-11,19,23H,4,12-13H2,1-3H3,(H2,20,21,22). The molecule has 2 aromatic rings. The average Bonchev–Trinajstić information content (AvgIpc) is 3.20. The fourth-order valence-electron chi connectivity index (χ4n) is 2.33. The van der Waals surface area contributed by atoms with Gasteiger partial charge in [0, 0.05) is 11.4 Å². The molecule has 1 aromatic carbocycles. The number of thiophene rings is 1. The summed E-state index contributed by atoms with van der Waals surface area (Å²) in [5.74, 6) is 0.584. The van der Waals surface area contributed by atoms with E-state index < -0.39 is 15.6 Å². The van der Waals surface area contributed by atoms with E-state index in [1.165, 1.54) is 18.4 Å². The molecule has 4 N–H and O–H groups in total. The molecule has 148 valence electrons. The molecule has 0 radical (unpaired) electrons. The van der Waals surface area contributed by atoms with Gasteiger partial charge in [0.05, 0.1) is 18.0 Å². The van der Waals surface area contributed by atoms with Crippen molar-refractivity contribution in [2.75, 3.05) is 20.1 Å². The van der Waals surface area contributed by atoms with Gasteiger partial charge in [0.15, 0.2) is 5.96 Å². The zero-order valence-corrected chi connectivity index (χ0v) is 17.3. The molecule has 0 aliphatic heterocycles. The largest absolute Gasteiger partial charge is 0.383 e. The summed E-state index contributed by atoms with van der Waals surface area (Å²) in [4.78, 5) is 5.60. The van der Waals surface area contributed by atoms with E-state index in [2.05, 4.69) is 20.3 Å². The zero-order valence-electron chi connectivity index (χ0n) is 15.7. The first-order valence-corrected chi connectivity index (χ1v) is 11.0. The molecule has 27 heavy (non-hydrogen) atoms. The Bertz CT molecular complexity index is 845. The van der Waals surface area contributed by atoms with Crippen LogP contribution in [0.5, 0.6) is 0 Å². The number of nitrogens with zero attached hydrogens (tertiary/aromatic N) is 1. The van der Waals surface area contributed by atoms with Crippen molar-refractivity contribution < 1.29 is 13.5 Å². The van der Waals surface area contributed by atoms with Crippen molar-refractivity contribution >= 4 is 27.3 Å². The Balaban J connectivity index is 2.03. The first-order valence-electron chi connectivity index (χ1n) is 8.59. The highest BCUT2D eigenvalue weighted by Crippen LogP contribution is 2.24. The number of rotatable bonds is 8. The van der Waals surface area contributed by atoms with Crippen LogP contribution in [0.1, 0.15) is 24.3 Å². The van der Waals surface area contributed by atoms with E-state index in [9.17, 15) is 13.5 Å². The molecule has 1 aromatic heterocycles. The number of sulfonamides is 1. The van der Waals surface area contributed by atoms with Gasteiger partial charge in [0.1, 0.15) is 5.60 Å². The highest BCUT2D eigenvalue weighted by atomic mass is 32.2. The number of hydrogen-bond acceptors (Lipinski definition) is 5. The molecule has 0 fully saturated rings. The van der Waals surface area contributed by atoms with Crippen molar-refractivity contribution in [2.45, 2.75) is 30.9 Å². The monoisotopic (exact) mass is 410 g/mol. The number of aliphatic hydroxyl groups is 1. The first-order chi connectivity index (χ1) is 12.8. The second kappa shape index (κ2) is 9.32. The third-order valence-corrected chi connectivity index (χ3v) is 6.47. The Kier molecular flexibility index (Phi) is 7.37. The Hall–Kier alpha value is -1.94. The van der Waals surface area contributed by atoms with Gasteiger partial charge in [-0.25, -0.2) is 18.1 Å². The van der Waals surface area contributed by atoms with Gasteiger partial charge in [0.2, 0.25) is 10.0 Å². The maximum Gasteiger partial charge on any atom is 0.240 e. The lowest BCUT2D eigenvalue weighted by molar-refractivity contribution is 0.0655. The molecule has 0 saturated heterocycles. The molecule has 9 heteroatoms. The van der Waals surface area contributed by atoms with Crippen molar-refractivity contribution in [3.63, 3.8) is 0 Å². The SMILES string of the molecule is CCNC(=NCc1ccc(S(=O)(=O)NC)cc1)NCC(C)(O)c1cccs1. The quantitative estimate of drug-likeness (QED) is 0.391. The molecular weight excluding hydrogens is 384 g/mol. The lowest BCUT2D eigenvalue weighted by atomic mass is 10.1. The van der Waals surface area contributed by atoms with Crippen molar-refractivity contribution in [2.24, 2.45) is 4.99 Å². The minimum Gasteiger partial charge on any atom is -0.383 e. The molecule has 2 rings (SSSR count). The lowest BCUT2D eigenvalue weighted by Crippen LogP contribution is -2.44. The van der Waals surface area contributed by atoms with Crippen LogP contribution in [0.15, 0.2) is 51.7 Å². The molecule has 1 atom stereocenters. The first kappa shape index (κ1) is 21.4. The molecule has 0 saturated carbocycles. The van der Waals surface area contributed by atoms with E-state index in [0.29, 0.717) is 25.6 Å². The van der Waals surface area contributed by atoms with E-state index in [1.54, 1.807) is 31.2 Å². The zero-order chi connectivity index (χ0) is 19.9. The minimum atomic E-state index is -3.44. The Morgan fingerprint density at radius 2 is 1.93 bits per heavy atom. The third-order valence-electron chi connectivity index (χ3n) is 3.92. The van der Waals surface area contributed by atoms with Crippen molar-refractivity contribution in [1.29, 1.82) is 0 Å². The van der Waals surface area contributed by atoms with Gasteiger partial charge in [0.25, 0.3) is 0 Å². The minimum absolute atomic E-state index is 0.217. The van der Waals surface area contributed by atoms with Crippen LogP contribution in [-0.4, -0.2) is 39.6 Å². The fraction of sp³-hybridized carbons (Fsp3) is 0.389. The Morgan fingerprint density at radius 3 is 2.48 bits per heavy atom. The van der Waals surface area contributed by atoms with Gasteiger partial charge in [-0.15, -0.1) is 11.3 Å². The van der Waals surface area contributed by atoms with E-state index in [0.717, 1.165) is 10.4 Å². The lowest BCUT2D eigenvalue weighted by Gasteiger charge is -2.23. The number of nitrogens with one attached hydrogen (secondary N) is 3. The summed E-state index contributed by atoms with van der Waals surface area (Å²) in [6.07, 6.45) is 0. The van der Waals surface area contributed by atoms with E-state index in [-0.39, 0.29) is 4.90 Å². The predicted molar refractivity (Wildman–Crippen MR) is 109 cm³/mol. The topological polar surface area (TPSA) is 103 Å². The van der Waals surface area contributed by atoms with Crippen LogP contribution in [0.25, 0.3) is 0 Å². The Morgan fingerprint density at radius 1 is 1.22 bits per heavy atom. The van der Waals surface area contributed by atoms with Crippen LogP contribution in [0.3, 0.4) is 0 Å². The number of guanidine groups is 1. The number of hydrogen-bond donors (Lipinski definition) is 4. The highest BCUT2D eigenvalue weighted by molar-refractivity contribution is 7.89. The second-order valence-corrected chi connectivity index (χ2v) is 8.99. The molecule has 7 nitrogen and oxygen atoms in total. The molecule has 1 unspecified atom stereocenters. The van der Waals surface area contributed by atoms with Gasteiger partial charge in [-0.1, -0.05) is 18.2 Å². The smallest absolute Gasteiger partial charge is 0.240 e. The number of benzene rings is 1. The Labute approximate surface area is 164 Å². The van der Waals surface area contributed by atoms with E-state index in [4.69, 9.17) is 0 Å². The third kappa shape index (κ3) is 6.03. The van der Waals surface area contributed by atoms with Crippen LogP contribution >= 0.6 is 11.3 Å². The van der Waals surface area contributed by atoms with Crippen molar-refractivity contribution in [3.05, 3.63) is 52.2 Å². The summed E-state index contributed by atoms with van der Waals surface area (Å²) in [7, 11) is -2.06. The maximum absolute atomic E-state index is 11.8. The van der Waals surface area contributed by atoms with E-state index >= 15 is 0 Å². The van der Waals surface area contributed by atoms with Gasteiger partial charge < -0.3 is 15.7 Å². The summed E-state index contributed by atoms with van der Waals surface area (Å²) < 4.78 is 25.8. The van der Waals surface area contributed by atoms with Crippen molar-refractivity contribution in [3.8, 4) is 0 Å². The van der Waals surface area contributed by atoms with Crippen LogP contribution < -0.4 is 15.4 Å². The van der Waals surface area contributed by atoms with Crippen molar-refractivity contribution in [1.82, 2.24) is 15.4 Å². The van der Waals surface area contributed by atoms with Crippen LogP contribution in [-0.2, 0) is 22.2 Å². The second-order valence-electron chi connectivity index (χ2n) is 6.15. The van der Waals surface area contributed by atoms with Gasteiger partial charge >= 0.3 is 0 Å². The highest BCUT2D eigenvalue weighted by Gasteiger charge is 2.24. The van der Waals surface area contributed by atoms with Crippen LogP contribution in [0.2, 0.25) is 0 Å². The van der Waals surface area contributed by atoms with Crippen LogP contribution in [0.4, 0.5) is 0 Å². The summed E-state index contributed by atoms with van der Waals surface area (Å²) in [6.45, 7) is 5.11. The summed E-state index contributed by atoms with van der Waals surface area (Å²) in [5.41, 5.74) is -0.111. The summed E-state index contributed by atoms with van der Waals surface area (Å²) in [5, 5.41) is 18.8.